The molecule has 0 spiro atoms. The van der Waals surface area contributed by atoms with Crippen molar-refractivity contribution in [2.24, 2.45) is 0 Å². The highest BCUT2D eigenvalue weighted by Crippen LogP contribution is 2.27. The summed E-state index contributed by atoms with van der Waals surface area (Å²) in [5.74, 6) is -3.64. The number of carbonyl (C=O) groups is 1. The SMILES string of the molecule is [C-]#[N+]C(C(=O)OCCCCCCCCCCCC)=C(O)C(F)(F)F. The van der Waals surface area contributed by atoms with Gasteiger partial charge in [0.2, 0.25) is 5.76 Å². The lowest BCUT2D eigenvalue weighted by Gasteiger charge is -2.08. The Morgan fingerprint density at radius 3 is 1.88 bits per heavy atom. The van der Waals surface area contributed by atoms with Gasteiger partial charge in [0, 0.05) is 0 Å². The highest BCUT2D eigenvalue weighted by atomic mass is 19.4. The van der Waals surface area contributed by atoms with Crippen LogP contribution in [0.5, 0.6) is 0 Å². The monoisotopic (exact) mass is 349 g/mol. The molecule has 0 heterocycles. The van der Waals surface area contributed by atoms with Crippen LogP contribution in [0, 0.1) is 6.57 Å². The number of hydrogen-bond acceptors (Lipinski definition) is 3. The lowest BCUT2D eigenvalue weighted by atomic mass is 10.1. The molecule has 0 aromatic carbocycles. The molecule has 0 aliphatic heterocycles. The molecule has 7 heteroatoms. The minimum Gasteiger partial charge on any atom is -0.515 e. The van der Waals surface area contributed by atoms with E-state index in [-0.39, 0.29) is 6.61 Å². The average Bonchev–Trinajstić information content (AvgIpc) is 2.52. The number of ether oxygens (including phenoxy) is 1. The van der Waals surface area contributed by atoms with E-state index in [9.17, 15) is 18.0 Å². The van der Waals surface area contributed by atoms with Crippen molar-refractivity contribution in [2.75, 3.05) is 6.61 Å². The molecule has 0 rings (SSSR count). The van der Waals surface area contributed by atoms with E-state index in [1.807, 2.05) is 0 Å². The molecule has 0 bridgehead atoms. The van der Waals surface area contributed by atoms with E-state index in [4.69, 9.17) is 11.7 Å². The van der Waals surface area contributed by atoms with Gasteiger partial charge in [-0.3, -0.25) is 4.79 Å². The standard InChI is InChI=1S/C17H26F3NO3/c1-3-4-5-6-7-8-9-10-11-12-13-24-16(23)14(21-2)15(22)17(18,19)20/h22H,3-13H2,1H3. The van der Waals surface area contributed by atoms with Crippen LogP contribution in [0.2, 0.25) is 0 Å². The fourth-order valence-corrected chi connectivity index (χ4v) is 2.15. The molecule has 24 heavy (non-hydrogen) atoms. The van der Waals surface area contributed by atoms with Gasteiger partial charge in [-0.25, -0.2) is 4.85 Å². The van der Waals surface area contributed by atoms with Crippen LogP contribution in [-0.2, 0) is 9.53 Å². The number of esters is 1. The van der Waals surface area contributed by atoms with Crippen LogP contribution in [-0.4, -0.2) is 23.9 Å². The smallest absolute Gasteiger partial charge is 0.438 e. The second-order valence-electron chi connectivity index (χ2n) is 5.62. The second-order valence-corrected chi connectivity index (χ2v) is 5.62. The highest BCUT2D eigenvalue weighted by molar-refractivity contribution is 5.91. The second kappa shape index (κ2) is 12.7. The highest BCUT2D eigenvalue weighted by Gasteiger charge is 2.39. The lowest BCUT2D eigenvalue weighted by Crippen LogP contribution is -2.18. The van der Waals surface area contributed by atoms with E-state index >= 15 is 0 Å². The Morgan fingerprint density at radius 2 is 1.46 bits per heavy atom. The first kappa shape index (κ1) is 22.3. The summed E-state index contributed by atoms with van der Waals surface area (Å²) in [5, 5.41) is 8.83. The van der Waals surface area contributed by atoms with Crippen LogP contribution in [0.4, 0.5) is 13.2 Å². The Hall–Kier alpha value is -1.71. The third kappa shape index (κ3) is 10.1. The zero-order chi connectivity index (χ0) is 18.4. The third-order valence-corrected chi connectivity index (χ3v) is 3.53. The van der Waals surface area contributed by atoms with Crippen molar-refractivity contribution in [3.63, 3.8) is 0 Å². The van der Waals surface area contributed by atoms with Crippen molar-refractivity contribution in [1.82, 2.24) is 0 Å². The first-order valence-corrected chi connectivity index (χ1v) is 8.39. The fraction of sp³-hybridized carbons (Fsp3) is 0.765. The van der Waals surface area contributed by atoms with Gasteiger partial charge in [-0.15, -0.1) is 0 Å². The summed E-state index contributed by atoms with van der Waals surface area (Å²) in [7, 11) is 0. The van der Waals surface area contributed by atoms with Crippen molar-refractivity contribution in [1.29, 1.82) is 0 Å². The van der Waals surface area contributed by atoms with Crippen molar-refractivity contribution in [2.45, 2.75) is 77.3 Å². The molecular weight excluding hydrogens is 323 g/mol. The maximum atomic E-state index is 12.2. The minimum absolute atomic E-state index is 0.0561. The normalized spacial score (nSPS) is 12.5. The molecule has 0 aromatic heterocycles. The van der Waals surface area contributed by atoms with Crippen LogP contribution in [0.3, 0.4) is 0 Å². The molecule has 0 radical (unpaired) electrons. The van der Waals surface area contributed by atoms with Crippen LogP contribution >= 0.6 is 0 Å². The first-order chi connectivity index (χ1) is 11.3. The summed E-state index contributed by atoms with van der Waals surface area (Å²) < 4.78 is 41.4. The van der Waals surface area contributed by atoms with Crippen molar-refractivity contribution < 1.29 is 27.8 Å². The molecule has 1 N–H and O–H groups in total. The van der Waals surface area contributed by atoms with E-state index < -0.39 is 23.6 Å². The molecular formula is C17H26F3NO3. The van der Waals surface area contributed by atoms with Crippen molar-refractivity contribution >= 4 is 5.97 Å². The number of nitrogens with zero attached hydrogens (tertiary/aromatic N) is 1. The Balaban J connectivity index is 3.82. The fourth-order valence-electron chi connectivity index (χ4n) is 2.15. The van der Waals surface area contributed by atoms with Crippen LogP contribution in [0.25, 0.3) is 4.85 Å². The van der Waals surface area contributed by atoms with Gasteiger partial charge in [0.1, 0.15) is 0 Å². The number of aliphatic hydroxyl groups is 1. The predicted molar refractivity (Wildman–Crippen MR) is 85.1 cm³/mol. The first-order valence-electron chi connectivity index (χ1n) is 8.39. The zero-order valence-electron chi connectivity index (χ0n) is 14.1. The van der Waals surface area contributed by atoms with Crippen molar-refractivity contribution in [3.8, 4) is 0 Å². The molecule has 0 saturated heterocycles. The van der Waals surface area contributed by atoms with Gasteiger partial charge in [-0.2, -0.15) is 13.2 Å². The maximum Gasteiger partial charge on any atom is 0.438 e. The molecule has 0 aliphatic carbocycles. The Morgan fingerprint density at radius 1 is 1.00 bits per heavy atom. The van der Waals surface area contributed by atoms with E-state index in [1.165, 1.54) is 32.1 Å². The maximum absolute atomic E-state index is 12.2. The summed E-state index contributed by atoms with van der Waals surface area (Å²) in [6, 6.07) is 0. The third-order valence-electron chi connectivity index (χ3n) is 3.53. The minimum atomic E-state index is -5.13. The number of halogens is 3. The number of hydrogen-bond donors (Lipinski definition) is 1. The predicted octanol–water partition coefficient (Wildman–Crippen LogP) is 5.70. The summed E-state index contributed by atoms with van der Waals surface area (Å²) in [6.45, 7) is 8.68. The number of aliphatic hydroxyl groups excluding tert-OH is 1. The molecule has 0 fully saturated rings. The molecule has 0 aromatic rings. The van der Waals surface area contributed by atoms with E-state index in [0.29, 0.717) is 6.42 Å². The number of unbranched alkanes of at least 4 members (excludes halogenated alkanes) is 9. The van der Waals surface area contributed by atoms with E-state index in [0.717, 1.165) is 25.7 Å². The Labute approximate surface area is 141 Å². The van der Waals surface area contributed by atoms with E-state index in [2.05, 4.69) is 16.5 Å². The average molecular weight is 349 g/mol. The molecule has 0 saturated carbocycles. The van der Waals surface area contributed by atoms with Gasteiger partial charge in [0.05, 0.1) is 13.2 Å². The van der Waals surface area contributed by atoms with Gasteiger partial charge >= 0.3 is 17.8 Å². The number of rotatable bonds is 12. The molecule has 4 nitrogen and oxygen atoms in total. The van der Waals surface area contributed by atoms with Crippen molar-refractivity contribution in [3.05, 3.63) is 22.9 Å². The summed E-state index contributed by atoms with van der Waals surface area (Å²) >= 11 is 0. The lowest BCUT2D eigenvalue weighted by molar-refractivity contribution is -0.142. The van der Waals surface area contributed by atoms with Crippen LogP contribution in [0.1, 0.15) is 71.1 Å². The molecule has 138 valence electrons. The molecule has 0 atom stereocenters. The van der Waals surface area contributed by atoms with Gasteiger partial charge < -0.3 is 9.84 Å². The number of allylic oxidation sites excluding steroid dienone is 1. The summed E-state index contributed by atoms with van der Waals surface area (Å²) in [5.41, 5.74) is -1.42. The number of alkyl halides is 3. The Kier molecular flexibility index (Phi) is 11.8. The quantitative estimate of drug-likeness (QED) is 0.162. The van der Waals surface area contributed by atoms with Gasteiger partial charge in [0.15, 0.2) is 0 Å². The van der Waals surface area contributed by atoms with Crippen LogP contribution in [0.15, 0.2) is 11.5 Å². The van der Waals surface area contributed by atoms with Gasteiger partial charge in [-0.05, 0) is 6.42 Å². The van der Waals surface area contributed by atoms with Gasteiger partial charge in [0.25, 0.3) is 0 Å². The molecule has 0 unspecified atom stereocenters. The van der Waals surface area contributed by atoms with Crippen LogP contribution < -0.4 is 0 Å². The Bertz CT molecular complexity index is 439. The largest absolute Gasteiger partial charge is 0.515 e. The summed E-state index contributed by atoms with van der Waals surface area (Å²) in [4.78, 5) is 13.8. The molecule has 0 aliphatic rings. The van der Waals surface area contributed by atoms with E-state index in [1.54, 1.807) is 0 Å². The zero-order valence-corrected chi connectivity index (χ0v) is 14.1. The number of carbonyl (C=O) groups excluding carboxylic acids is 1. The van der Waals surface area contributed by atoms with Gasteiger partial charge in [-0.1, -0.05) is 64.7 Å². The molecule has 0 amide bonds. The summed E-state index contributed by atoms with van der Waals surface area (Å²) in [6.07, 6.45) is 5.67. The topological polar surface area (TPSA) is 50.9 Å².